The molecule has 1 aromatic carbocycles. The Morgan fingerprint density at radius 3 is 2.81 bits per heavy atom. The molecule has 0 spiro atoms. The van der Waals surface area contributed by atoms with E-state index in [2.05, 4.69) is 30.6 Å². The summed E-state index contributed by atoms with van der Waals surface area (Å²) in [5.74, 6) is 1.34. The quantitative estimate of drug-likeness (QED) is 0.697. The zero-order valence-corrected chi connectivity index (χ0v) is 15.6. The second kappa shape index (κ2) is 8.36. The van der Waals surface area contributed by atoms with Crippen molar-refractivity contribution >= 4 is 22.4 Å². The number of piperidine rings is 1. The van der Waals surface area contributed by atoms with E-state index in [-0.39, 0.29) is 11.8 Å². The fourth-order valence-corrected chi connectivity index (χ4v) is 3.63. The molecule has 0 saturated carbocycles. The molecule has 1 aliphatic rings. The van der Waals surface area contributed by atoms with Gasteiger partial charge in [-0.3, -0.25) is 9.69 Å². The third kappa shape index (κ3) is 4.75. The van der Waals surface area contributed by atoms with Gasteiger partial charge in [0.2, 0.25) is 16.9 Å². The van der Waals surface area contributed by atoms with Crippen molar-refractivity contribution < 1.29 is 9.32 Å². The Hall–Kier alpha value is -2.65. The van der Waals surface area contributed by atoms with Crippen molar-refractivity contribution in [2.45, 2.75) is 25.8 Å². The molecule has 4 rings (SSSR count). The van der Waals surface area contributed by atoms with Gasteiger partial charge < -0.3 is 9.84 Å². The summed E-state index contributed by atoms with van der Waals surface area (Å²) in [4.78, 5) is 19.0. The number of hydrogen-bond acceptors (Lipinski definition) is 8. The largest absolute Gasteiger partial charge is 0.338 e. The minimum Gasteiger partial charge on any atom is -0.338 e. The first kappa shape index (κ1) is 17.7. The van der Waals surface area contributed by atoms with Crippen LogP contribution in [0.1, 0.15) is 30.1 Å². The number of aromatic nitrogens is 4. The zero-order valence-electron chi connectivity index (χ0n) is 14.7. The van der Waals surface area contributed by atoms with Crippen molar-refractivity contribution in [2.75, 3.05) is 18.4 Å². The van der Waals surface area contributed by atoms with Gasteiger partial charge in [0.25, 0.3) is 0 Å². The fourth-order valence-electron chi connectivity index (χ4n) is 3.18. The Morgan fingerprint density at radius 1 is 1.26 bits per heavy atom. The highest BCUT2D eigenvalue weighted by Gasteiger charge is 2.26. The number of nitrogens with zero attached hydrogens (tertiary/aromatic N) is 5. The molecule has 1 saturated heterocycles. The van der Waals surface area contributed by atoms with E-state index in [4.69, 9.17) is 4.52 Å². The highest BCUT2D eigenvalue weighted by Crippen LogP contribution is 2.21. The SMILES string of the molecule is O=C(Nc1nncs1)C1CCN(Cc2nc(Cc3ccccc3)no2)CC1. The Labute approximate surface area is 160 Å². The van der Waals surface area contributed by atoms with Gasteiger partial charge in [0.1, 0.15) is 5.51 Å². The average Bonchev–Trinajstić information content (AvgIpc) is 3.35. The standard InChI is InChI=1S/C18H20N6O2S/c25-17(21-18-22-19-12-27-18)14-6-8-24(9-7-14)11-16-20-15(23-26-16)10-13-4-2-1-3-5-13/h1-5,12,14H,6-11H2,(H,21,22,25). The second-order valence-corrected chi connectivity index (χ2v) is 7.38. The van der Waals surface area contributed by atoms with Gasteiger partial charge in [-0.05, 0) is 31.5 Å². The first-order valence-corrected chi connectivity index (χ1v) is 9.79. The van der Waals surface area contributed by atoms with Crippen LogP contribution in [0.4, 0.5) is 5.13 Å². The molecule has 0 aliphatic carbocycles. The van der Waals surface area contributed by atoms with E-state index in [0.29, 0.717) is 29.8 Å². The molecule has 9 heteroatoms. The molecule has 1 aliphatic heterocycles. The third-order valence-electron chi connectivity index (χ3n) is 4.62. The maximum Gasteiger partial charge on any atom is 0.240 e. The minimum absolute atomic E-state index is 0.00137. The molecule has 1 amide bonds. The Balaban J connectivity index is 1.25. The summed E-state index contributed by atoms with van der Waals surface area (Å²) in [7, 11) is 0. The number of carbonyl (C=O) groups excluding carboxylic acids is 1. The van der Waals surface area contributed by atoms with Gasteiger partial charge in [-0.2, -0.15) is 4.98 Å². The van der Waals surface area contributed by atoms with Crippen molar-refractivity contribution in [1.29, 1.82) is 0 Å². The maximum atomic E-state index is 12.3. The zero-order chi connectivity index (χ0) is 18.5. The number of anilines is 1. The lowest BCUT2D eigenvalue weighted by atomic mass is 9.96. The van der Waals surface area contributed by atoms with E-state index in [0.717, 1.165) is 31.5 Å². The Bertz CT molecular complexity index is 859. The van der Waals surface area contributed by atoms with Crippen LogP contribution in [0, 0.1) is 5.92 Å². The molecule has 3 heterocycles. The van der Waals surface area contributed by atoms with Crippen molar-refractivity contribution in [1.82, 2.24) is 25.2 Å². The van der Waals surface area contributed by atoms with E-state index < -0.39 is 0 Å². The fraction of sp³-hybridized carbons (Fsp3) is 0.389. The van der Waals surface area contributed by atoms with Crippen LogP contribution < -0.4 is 5.32 Å². The van der Waals surface area contributed by atoms with Gasteiger partial charge in [0, 0.05) is 12.3 Å². The normalized spacial score (nSPS) is 15.7. The van der Waals surface area contributed by atoms with Crippen LogP contribution in [0.25, 0.3) is 0 Å². The summed E-state index contributed by atoms with van der Waals surface area (Å²) in [6, 6.07) is 10.1. The van der Waals surface area contributed by atoms with Crippen LogP contribution in [0.2, 0.25) is 0 Å². The van der Waals surface area contributed by atoms with Crippen LogP contribution >= 0.6 is 11.3 Å². The number of amides is 1. The molecule has 2 aromatic heterocycles. The molecular formula is C18H20N6O2S. The number of nitrogens with one attached hydrogen (secondary N) is 1. The summed E-state index contributed by atoms with van der Waals surface area (Å²) < 4.78 is 5.39. The number of carbonyl (C=O) groups is 1. The van der Waals surface area contributed by atoms with Crippen molar-refractivity contribution in [3.8, 4) is 0 Å². The van der Waals surface area contributed by atoms with E-state index in [1.807, 2.05) is 30.3 Å². The summed E-state index contributed by atoms with van der Waals surface area (Å²) >= 11 is 1.33. The molecule has 3 aromatic rings. The average molecular weight is 384 g/mol. The lowest BCUT2D eigenvalue weighted by Crippen LogP contribution is -2.37. The topological polar surface area (TPSA) is 97.0 Å². The third-order valence-corrected chi connectivity index (χ3v) is 5.23. The molecule has 27 heavy (non-hydrogen) atoms. The highest BCUT2D eigenvalue weighted by atomic mass is 32.1. The van der Waals surface area contributed by atoms with Gasteiger partial charge in [0.15, 0.2) is 5.82 Å². The summed E-state index contributed by atoms with van der Waals surface area (Å²) in [5, 5.41) is 15.0. The minimum atomic E-state index is 0.00137. The van der Waals surface area contributed by atoms with Crippen LogP contribution in [0.3, 0.4) is 0 Å². The number of hydrogen-bond donors (Lipinski definition) is 1. The molecule has 140 valence electrons. The van der Waals surface area contributed by atoms with E-state index in [1.165, 1.54) is 11.3 Å². The number of benzene rings is 1. The second-order valence-electron chi connectivity index (χ2n) is 6.55. The molecule has 1 N–H and O–H groups in total. The molecule has 0 radical (unpaired) electrons. The van der Waals surface area contributed by atoms with Gasteiger partial charge in [-0.1, -0.05) is 46.8 Å². The van der Waals surface area contributed by atoms with Crippen molar-refractivity contribution in [3.63, 3.8) is 0 Å². The summed E-state index contributed by atoms with van der Waals surface area (Å²) in [6.45, 7) is 2.27. The van der Waals surface area contributed by atoms with Crippen LogP contribution in [0.5, 0.6) is 0 Å². The predicted octanol–water partition coefficient (Wildman–Crippen LogP) is 2.36. The van der Waals surface area contributed by atoms with Gasteiger partial charge in [0.05, 0.1) is 6.54 Å². The van der Waals surface area contributed by atoms with E-state index in [9.17, 15) is 4.79 Å². The van der Waals surface area contributed by atoms with E-state index >= 15 is 0 Å². The van der Waals surface area contributed by atoms with Crippen LogP contribution in [0.15, 0.2) is 40.4 Å². The van der Waals surface area contributed by atoms with E-state index in [1.54, 1.807) is 5.51 Å². The smallest absolute Gasteiger partial charge is 0.240 e. The molecule has 0 bridgehead atoms. The predicted molar refractivity (Wildman–Crippen MR) is 100 cm³/mol. The maximum absolute atomic E-state index is 12.3. The van der Waals surface area contributed by atoms with Gasteiger partial charge in [-0.15, -0.1) is 10.2 Å². The van der Waals surface area contributed by atoms with Gasteiger partial charge in [-0.25, -0.2) is 0 Å². The molecule has 8 nitrogen and oxygen atoms in total. The lowest BCUT2D eigenvalue weighted by molar-refractivity contribution is -0.121. The summed E-state index contributed by atoms with van der Waals surface area (Å²) in [6.07, 6.45) is 2.27. The van der Waals surface area contributed by atoms with Crippen LogP contribution in [-0.4, -0.2) is 44.2 Å². The van der Waals surface area contributed by atoms with Crippen molar-refractivity contribution in [3.05, 3.63) is 53.1 Å². The monoisotopic (exact) mass is 384 g/mol. The molecule has 1 fully saturated rings. The summed E-state index contributed by atoms with van der Waals surface area (Å²) in [5.41, 5.74) is 2.77. The number of rotatable bonds is 6. The first-order chi connectivity index (χ1) is 13.3. The van der Waals surface area contributed by atoms with Gasteiger partial charge >= 0.3 is 0 Å². The number of likely N-dealkylation sites (tertiary alicyclic amines) is 1. The lowest BCUT2D eigenvalue weighted by Gasteiger charge is -2.29. The Morgan fingerprint density at radius 2 is 2.07 bits per heavy atom. The van der Waals surface area contributed by atoms with Crippen molar-refractivity contribution in [2.24, 2.45) is 5.92 Å². The highest BCUT2D eigenvalue weighted by molar-refractivity contribution is 7.13. The molecule has 0 unspecified atom stereocenters. The first-order valence-electron chi connectivity index (χ1n) is 8.91. The van der Waals surface area contributed by atoms with Crippen LogP contribution in [-0.2, 0) is 17.8 Å². The molecule has 0 atom stereocenters. The Kier molecular flexibility index (Phi) is 5.50. The molecular weight excluding hydrogens is 364 g/mol.